The summed E-state index contributed by atoms with van der Waals surface area (Å²) in [4.78, 5) is 12.2. The van der Waals surface area contributed by atoms with Crippen LogP contribution in [0, 0.1) is 17.2 Å². The highest BCUT2D eigenvalue weighted by atomic mass is 16.2. The molecule has 0 saturated heterocycles. The Labute approximate surface area is 120 Å². The normalized spacial score (nSPS) is 17.9. The maximum atomic E-state index is 12.2. The molecule has 2 rings (SSSR count). The number of hydrogen-bond acceptors (Lipinski definition) is 3. The zero-order valence-corrected chi connectivity index (χ0v) is 12.2. The number of benzene rings is 1. The van der Waals surface area contributed by atoms with Gasteiger partial charge in [-0.3, -0.25) is 4.79 Å². The molecule has 1 saturated carbocycles. The number of rotatable bonds is 4. The van der Waals surface area contributed by atoms with Gasteiger partial charge in [-0.25, -0.2) is 0 Å². The maximum absolute atomic E-state index is 12.2. The van der Waals surface area contributed by atoms with Gasteiger partial charge in [0.15, 0.2) is 0 Å². The zero-order chi connectivity index (χ0) is 15.0. The highest BCUT2D eigenvalue weighted by molar-refractivity contribution is 5.98. The van der Waals surface area contributed by atoms with Crippen LogP contribution >= 0.6 is 0 Å². The Balaban J connectivity index is 2.08. The fourth-order valence-electron chi connectivity index (χ4n) is 2.17. The Morgan fingerprint density at radius 1 is 1.30 bits per heavy atom. The van der Waals surface area contributed by atoms with Crippen LogP contribution in [0.4, 0.5) is 5.69 Å². The first-order chi connectivity index (χ1) is 9.27. The molecule has 1 aromatic carbocycles. The van der Waals surface area contributed by atoms with Gasteiger partial charge in [0.2, 0.25) is 5.91 Å². The average molecular weight is 271 g/mol. The monoisotopic (exact) mass is 271 g/mol. The molecular weight excluding hydrogens is 250 g/mol. The third-order valence-corrected chi connectivity index (χ3v) is 4.06. The second-order valence-corrected chi connectivity index (χ2v) is 6.33. The predicted octanol–water partition coefficient (Wildman–Crippen LogP) is 2.55. The molecule has 0 aliphatic heterocycles. The van der Waals surface area contributed by atoms with Crippen LogP contribution in [0.15, 0.2) is 24.3 Å². The lowest BCUT2D eigenvalue weighted by Gasteiger charge is -2.23. The highest BCUT2D eigenvalue weighted by Crippen LogP contribution is 2.38. The van der Waals surface area contributed by atoms with E-state index in [2.05, 4.69) is 11.4 Å². The Kier molecular flexibility index (Phi) is 3.58. The molecule has 1 amide bonds. The number of anilines is 1. The molecule has 0 heterocycles. The van der Waals surface area contributed by atoms with E-state index in [1.807, 2.05) is 38.1 Å². The van der Waals surface area contributed by atoms with E-state index in [-0.39, 0.29) is 5.91 Å². The van der Waals surface area contributed by atoms with Crippen LogP contribution in [0.3, 0.4) is 0 Å². The van der Waals surface area contributed by atoms with E-state index < -0.39 is 11.0 Å². The molecule has 0 radical (unpaired) electrons. The minimum absolute atomic E-state index is 0.146. The van der Waals surface area contributed by atoms with Crippen molar-refractivity contribution in [1.82, 2.24) is 0 Å². The molecule has 0 bridgehead atoms. The highest BCUT2D eigenvalue weighted by Gasteiger charge is 2.44. The number of nitrogens with one attached hydrogen (secondary N) is 1. The summed E-state index contributed by atoms with van der Waals surface area (Å²) >= 11 is 0. The van der Waals surface area contributed by atoms with Crippen molar-refractivity contribution in [3.63, 3.8) is 0 Å². The van der Waals surface area contributed by atoms with E-state index in [0.29, 0.717) is 11.6 Å². The second kappa shape index (κ2) is 4.92. The third kappa shape index (κ3) is 2.83. The zero-order valence-electron chi connectivity index (χ0n) is 12.2. The van der Waals surface area contributed by atoms with Gasteiger partial charge in [-0.2, -0.15) is 5.26 Å². The maximum Gasteiger partial charge on any atom is 0.244 e. The smallest absolute Gasteiger partial charge is 0.244 e. The predicted molar refractivity (Wildman–Crippen MR) is 79.0 cm³/mol. The lowest BCUT2D eigenvalue weighted by molar-refractivity contribution is -0.121. The first kappa shape index (κ1) is 14.5. The van der Waals surface area contributed by atoms with Crippen molar-refractivity contribution < 1.29 is 4.79 Å². The Bertz CT molecular complexity index is 548. The Morgan fingerprint density at radius 2 is 1.85 bits per heavy atom. The first-order valence-electron chi connectivity index (χ1n) is 6.89. The summed E-state index contributed by atoms with van der Waals surface area (Å²) in [5.41, 5.74) is 6.39. The minimum atomic E-state index is -0.801. The number of amides is 1. The fraction of sp³-hybridized carbons (Fsp3) is 0.500. The van der Waals surface area contributed by atoms with E-state index in [0.717, 1.165) is 18.4 Å². The van der Waals surface area contributed by atoms with Crippen molar-refractivity contribution in [2.75, 3.05) is 5.32 Å². The van der Waals surface area contributed by atoms with E-state index in [9.17, 15) is 4.79 Å². The summed E-state index contributed by atoms with van der Waals surface area (Å²) in [6.45, 7) is 5.52. The van der Waals surface area contributed by atoms with Crippen LogP contribution < -0.4 is 11.1 Å². The quantitative estimate of drug-likeness (QED) is 0.883. The molecule has 1 aliphatic carbocycles. The Morgan fingerprint density at radius 3 is 2.30 bits per heavy atom. The third-order valence-electron chi connectivity index (χ3n) is 4.06. The van der Waals surface area contributed by atoms with Crippen molar-refractivity contribution in [3.05, 3.63) is 29.8 Å². The fourth-order valence-corrected chi connectivity index (χ4v) is 2.17. The van der Waals surface area contributed by atoms with Crippen LogP contribution in [0.1, 0.15) is 39.2 Å². The topological polar surface area (TPSA) is 78.9 Å². The summed E-state index contributed by atoms with van der Waals surface area (Å²) in [6.07, 6.45) is 2.05. The lowest BCUT2D eigenvalue weighted by atomic mass is 9.86. The minimum Gasteiger partial charge on any atom is -0.324 e. The van der Waals surface area contributed by atoms with Crippen LogP contribution in [0.2, 0.25) is 0 Å². The van der Waals surface area contributed by atoms with Gasteiger partial charge in [0.1, 0.15) is 0 Å². The molecule has 1 fully saturated rings. The number of nitriles is 1. The molecule has 1 unspecified atom stereocenters. The molecule has 0 aromatic heterocycles. The van der Waals surface area contributed by atoms with Gasteiger partial charge in [0.05, 0.1) is 17.0 Å². The molecule has 1 atom stereocenters. The van der Waals surface area contributed by atoms with Gasteiger partial charge < -0.3 is 11.1 Å². The van der Waals surface area contributed by atoms with Crippen LogP contribution in [-0.2, 0) is 10.2 Å². The van der Waals surface area contributed by atoms with E-state index >= 15 is 0 Å². The molecule has 1 aliphatic rings. The molecular formula is C16H21N3O. The van der Waals surface area contributed by atoms with Crippen molar-refractivity contribution in [2.45, 2.75) is 44.6 Å². The van der Waals surface area contributed by atoms with Gasteiger partial charge in [-0.05, 0) is 57.2 Å². The SMILES string of the molecule is CC(C)(C#N)c1ccc(NC(=O)C(C)(N)C2CC2)cc1. The molecule has 106 valence electrons. The molecule has 20 heavy (non-hydrogen) atoms. The summed E-state index contributed by atoms with van der Waals surface area (Å²) in [6, 6.07) is 9.62. The van der Waals surface area contributed by atoms with Gasteiger partial charge in [0.25, 0.3) is 0 Å². The summed E-state index contributed by atoms with van der Waals surface area (Å²) < 4.78 is 0. The average Bonchev–Trinajstić information content (AvgIpc) is 3.24. The standard InChI is InChI=1S/C16H21N3O/c1-15(2,10-17)11-6-8-13(9-7-11)19-14(20)16(3,18)12-4-5-12/h6-9,12H,4-5,18H2,1-3H3,(H,19,20). The number of carbonyl (C=O) groups excluding carboxylic acids is 1. The summed E-state index contributed by atoms with van der Waals surface area (Å²) in [5, 5.41) is 12.0. The number of nitrogens with two attached hydrogens (primary N) is 1. The van der Waals surface area contributed by atoms with E-state index in [1.54, 1.807) is 6.92 Å². The van der Waals surface area contributed by atoms with Gasteiger partial charge in [-0.15, -0.1) is 0 Å². The molecule has 4 heteroatoms. The van der Waals surface area contributed by atoms with Crippen molar-refractivity contribution in [1.29, 1.82) is 5.26 Å². The van der Waals surface area contributed by atoms with Crippen molar-refractivity contribution >= 4 is 11.6 Å². The van der Waals surface area contributed by atoms with Crippen LogP contribution in [-0.4, -0.2) is 11.4 Å². The number of nitrogens with zero attached hydrogens (tertiary/aromatic N) is 1. The van der Waals surface area contributed by atoms with Gasteiger partial charge >= 0.3 is 0 Å². The summed E-state index contributed by atoms with van der Waals surface area (Å²) in [7, 11) is 0. The molecule has 0 spiro atoms. The first-order valence-corrected chi connectivity index (χ1v) is 6.89. The van der Waals surface area contributed by atoms with Crippen LogP contribution in [0.5, 0.6) is 0 Å². The molecule has 1 aromatic rings. The largest absolute Gasteiger partial charge is 0.324 e. The van der Waals surface area contributed by atoms with Gasteiger partial charge in [0, 0.05) is 5.69 Å². The van der Waals surface area contributed by atoms with E-state index in [4.69, 9.17) is 11.0 Å². The molecule has 4 nitrogen and oxygen atoms in total. The molecule has 3 N–H and O–H groups in total. The number of carbonyl (C=O) groups is 1. The van der Waals surface area contributed by atoms with Crippen molar-refractivity contribution in [2.24, 2.45) is 11.7 Å². The van der Waals surface area contributed by atoms with Crippen LogP contribution in [0.25, 0.3) is 0 Å². The number of hydrogen-bond donors (Lipinski definition) is 2. The lowest BCUT2D eigenvalue weighted by Crippen LogP contribution is -2.50. The Hall–Kier alpha value is -1.86. The van der Waals surface area contributed by atoms with Gasteiger partial charge in [-0.1, -0.05) is 12.1 Å². The van der Waals surface area contributed by atoms with Crippen molar-refractivity contribution in [3.8, 4) is 6.07 Å². The summed E-state index contributed by atoms with van der Waals surface area (Å²) in [5.74, 6) is 0.145. The van der Waals surface area contributed by atoms with E-state index in [1.165, 1.54) is 0 Å². The second-order valence-electron chi connectivity index (χ2n) is 6.33.